The Labute approximate surface area is 113 Å². The second-order valence-electron chi connectivity index (χ2n) is 4.78. The topological polar surface area (TPSA) is 44.5 Å². The third-order valence-electron chi connectivity index (χ3n) is 3.84. The van der Waals surface area contributed by atoms with E-state index < -0.39 is 0 Å². The first-order valence-electron chi connectivity index (χ1n) is 6.34. The highest BCUT2D eigenvalue weighted by Gasteiger charge is 2.34. The lowest BCUT2D eigenvalue weighted by atomic mass is 9.72. The minimum absolute atomic E-state index is 0.114. The molecule has 18 heavy (non-hydrogen) atoms. The maximum Gasteiger partial charge on any atom is 0.137 e. The van der Waals surface area contributed by atoms with Gasteiger partial charge in [0.1, 0.15) is 5.75 Å². The van der Waals surface area contributed by atoms with Crippen LogP contribution in [-0.4, -0.2) is 26.9 Å². The lowest BCUT2D eigenvalue weighted by Gasteiger charge is -2.37. The van der Waals surface area contributed by atoms with Crippen molar-refractivity contribution in [3.05, 3.63) is 28.8 Å². The molecular formula is C14H20ClNO2. The maximum absolute atomic E-state index is 6.22. The molecule has 0 radical (unpaired) electrons. The summed E-state index contributed by atoms with van der Waals surface area (Å²) in [5, 5.41) is 0.665. The summed E-state index contributed by atoms with van der Waals surface area (Å²) in [4.78, 5) is 0. The molecule has 0 unspecified atom stereocenters. The summed E-state index contributed by atoms with van der Waals surface area (Å²) < 4.78 is 10.7. The Balaban J connectivity index is 2.33. The zero-order valence-corrected chi connectivity index (χ0v) is 11.5. The van der Waals surface area contributed by atoms with Gasteiger partial charge < -0.3 is 15.2 Å². The van der Waals surface area contributed by atoms with Crippen molar-refractivity contribution < 1.29 is 9.47 Å². The van der Waals surface area contributed by atoms with Crippen molar-refractivity contribution in [1.82, 2.24) is 0 Å². The molecule has 4 heteroatoms. The van der Waals surface area contributed by atoms with Crippen molar-refractivity contribution in [2.45, 2.75) is 24.7 Å². The number of ether oxygens (including phenoxy) is 2. The molecule has 1 aromatic rings. The van der Waals surface area contributed by atoms with E-state index in [0.29, 0.717) is 11.6 Å². The summed E-state index contributed by atoms with van der Waals surface area (Å²) in [7, 11) is 1.63. The average Bonchev–Trinajstić information content (AvgIpc) is 2.40. The van der Waals surface area contributed by atoms with Gasteiger partial charge in [0.05, 0.1) is 12.1 Å². The lowest BCUT2D eigenvalue weighted by molar-refractivity contribution is 0.0476. The molecule has 1 aliphatic heterocycles. The molecule has 0 amide bonds. The third kappa shape index (κ3) is 2.63. The van der Waals surface area contributed by atoms with Gasteiger partial charge >= 0.3 is 0 Å². The fourth-order valence-electron chi connectivity index (χ4n) is 2.72. The van der Waals surface area contributed by atoms with E-state index in [4.69, 9.17) is 26.8 Å². The molecule has 2 rings (SSSR count). The van der Waals surface area contributed by atoms with Crippen LogP contribution in [0.15, 0.2) is 18.2 Å². The van der Waals surface area contributed by atoms with Gasteiger partial charge in [-0.3, -0.25) is 0 Å². The summed E-state index contributed by atoms with van der Waals surface area (Å²) in [6.07, 6.45) is 2.98. The number of hydrogen-bond donors (Lipinski definition) is 1. The van der Waals surface area contributed by atoms with Crippen LogP contribution in [0.3, 0.4) is 0 Å². The standard InChI is InChI=1S/C14H20ClNO2/c1-17-13-3-2-11(10-12(13)15)14(4-7-16)5-8-18-9-6-14/h2-3,10H,4-9,16H2,1H3. The van der Waals surface area contributed by atoms with E-state index in [9.17, 15) is 0 Å². The van der Waals surface area contributed by atoms with Crippen molar-refractivity contribution in [2.24, 2.45) is 5.73 Å². The SMILES string of the molecule is COc1ccc(C2(CCN)CCOCC2)cc1Cl. The quantitative estimate of drug-likeness (QED) is 0.914. The minimum atomic E-state index is 0.114. The van der Waals surface area contributed by atoms with Crippen LogP contribution in [0.2, 0.25) is 5.02 Å². The zero-order valence-electron chi connectivity index (χ0n) is 10.7. The Morgan fingerprint density at radius 3 is 2.67 bits per heavy atom. The minimum Gasteiger partial charge on any atom is -0.495 e. The molecular weight excluding hydrogens is 250 g/mol. The molecule has 0 aromatic heterocycles. The van der Waals surface area contributed by atoms with E-state index in [1.807, 2.05) is 12.1 Å². The zero-order chi connectivity index (χ0) is 13.0. The first kappa shape index (κ1) is 13.7. The molecule has 0 spiro atoms. The fourth-order valence-corrected chi connectivity index (χ4v) is 2.98. The Bertz CT molecular complexity index is 397. The van der Waals surface area contributed by atoms with Gasteiger partial charge in [0.15, 0.2) is 0 Å². The summed E-state index contributed by atoms with van der Waals surface area (Å²) in [6, 6.07) is 6.05. The van der Waals surface area contributed by atoms with Crippen LogP contribution in [0.5, 0.6) is 5.75 Å². The maximum atomic E-state index is 6.22. The van der Waals surface area contributed by atoms with Gasteiger partial charge in [0.2, 0.25) is 0 Å². The van der Waals surface area contributed by atoms with Crippen molar-refractivity contribution in [2.75, 3.05) is 26.9 Å². The predicted octanol–water partition coefficient (Wildman–Crippen LogP) is 2.75. The van der Waals surface area contributed by atoms with Crippen LogP contribution in [0.1, 0.15) is 24.8 Å². The normalized spacial score (nSPS) is 18.6. The van der Waals surface area contributed by atoms with Crippen LogP contribution < -0.4 is 10.5 Å². The van der Waals surface area contributed by atoms with Gasteiger partial charge in [0.25, 0.3) is 0 Å². The van der Waals surface area contributed by atoms with Crippen molar-refractivity contribution in [1.29, 1.82) is 0 Å². The van der Waals surface area contributed by atoms with E-state index in [1.165, 1.54) is 5.56 Å². The number of halogens is 1. The molecule has 3 nitrogen and oxygen atoms in total. The van der Waals surface area contributed by atoms with Crippen molar-refractivity contribution in [3.8, 4) is 5.75 Å². The van der Waals surface area contributed by atoms with E-state index in [0.717, 1.165) is 38.2 Å². The Hall–Kier alpha value is -0.770. The molecule has 1 aromatic carbocycles. The molecule has 1 fully saturated rings. The third-order valence-corrected chi connectivity index (χ3v) is 4.13. The Kier molecular flexibility index (Phi) is 4.49. The summed E-state index contributed by atoms with van der Waals surface area (Å²) >= 11 is 6.22. The van der Waals surface area contributed by atoms with Crippen molar-refractivity contribution in [3.63, 3.8) is 0 Å². The molecule has 1 heterocycles. The molecule has 0 atom stereocenters. The molecule has 0 saturated carbocycles. The highest BCUT2D eigenvalue weighted by molar-refractivity contribution is 6.32. The lowest BCUT2D eigenvalue weighted by Crippen LogP contribution is -2.35. The highest BCUT2D eigenvalue weighted by atomic mass is 35.5. The Morgan fingerprint density at radius 2 is 2.11 bits per heavy atom. The summed E-state index contributed by atoms with van der Waals surface area (Å²) in [6.45, 7) is 2.27. The van der Waals surface area contributed by atoms with Crippen LogP contribution in [0, 0.1) is 0 Å². The predicted molar refractivity (Wildman–Crippen MR) is 73.4 cm³/mol. The van der Waals surface area contributed by atoms with Crippen molar-refractivity contribution >= 4 is 11.6 Å². The van der Waals surface area contributed by atoms with Gasteiger partial charge in [-0.25, -0.2) is 0 Å². The van der Waals surface area contributed by atoms with E-state index in [1.54, 1.807) is 7.11 Å². The number of rotatable bonds is 4. The van der Waals surface area contributed by atoms with Gasteiger partial charge in [-0.15, -0.1) is 0 Å². The second kappa shape index (κ2) is 5.91. The highest BCUT2D eigenvalue weighted by Crippen LogP contribution is 2.40. The first-order chi connectivity index (χ1) is 8.72. The molecule has 0 bridgehead atoms. The fraction of sp³-hybridized carbons (Fsp3) is 0.571. The smallest absolute Gasteiger partial charge is 0.137 e. The number of nitrogens with two attached hydrogens (primary N) is 1. The van der Waals surface area contributed by atoms with Crippen LogP contribution in [-0.2, 0) is 10.2 Å². The number of benzene rings is 1. The second-order valence-corrected chi connectivity index (χ2v) is 5.19. The summed E-state index contributed by atoms with van der Waals surface area (Å²) in [5.41, 5.74) is 7.14. The molecule has 1 saturated heterocycles. The van der Waals surface area contributed by atoms with Gasteiger partial charge in [-0.1, -0.05) is 17.7 Å². The van der Waals surface area contributed by atoms with Gasteiger partial charge in [0, 0.05) is 18.6 Å². The number of hydrogen-bond acceptors (Lipinski definition) is 3. The van der Waals surface area contributed by atoms with Crippen LogP contribution in [0.25, 0.3) is 0 Å². The number of methoxy groups -OCH3 is 1. The largest absolute Gasteiger partial charge is 0.495 e. The van der Waals surface area contributed by atoms with Crippen LogP contribution in [0.4, 0.5) is 0 Å². The first-order valence-corrected chi connectivity index (χ1v) is 6.71. The molecule has 100 valence electrons. The Morgan fingerprint density at radius 1 is 1.39 bits per heavy atom. The van der Waals surface area contributed by atoms with Crippen LogP contribution >= 0.6 is 11.6 Å². The summed E-state index contributed by atoms with van der Waals surface area (Å²) in [5.74, 6) is 0.718. The van der Waals surface area contributed by atoms with E-state index in [-0.39, 0.29) is 5.41 Å². The van der Waals surface area contributed by atoms with E-state index >= 15 is 0 Å². The molecule has 2 N–H and O–H groups in total. The average molecular weight is 270 g/mol. The molecule has 1 aliphatic rings. The van der Waals surface area contributed by atoms with Gasteiger partial charge in [-0.2, -0.15) is 0 Å². The van der Waals surface area contributed by atoms with E-state index in [2.05, 4.69) is 6.07 Å². The molecule has 0 aliphatic carbocycles. The van der Waals surface area contributed by atoms with Gasteiger partial charge in [-0.05, 0) is 43.5 Å². The monoisotopic (exact) mass is 269 g/mol.